The summed E-state index contributed by atoms with van der Waals surface area (Å²) >= 11 is 0. The molecule has 0 spiro atoms. The molecule has 0 saturated heterocycles. The summed E-state index contributed by atoms with van der Waals surface area (Å²) in [5.41, 5.74) is 1.88. The smallest absolute Gasteiger partial charge is 0.744 e. The summed E-state index contributed by atoms with van der Waals surface area (Å²) in [5, 5.41) is 1.51. The fourth-order valence-electron chi connectivity index (χ4n) is 3.66. The van der Waals surface area contributed by atoms with E-state index in [1.54, 1.807) is 6.07 Å². The van der Waals surface area contributed by atoms with E-state index in [0.29, 0.717) is 17.4 Å². The van der Waals surface area contributed by atoms with Crippen LogP contribution in [0.1, 0.15) is 76.3 Å². The molecule has 2 rings (SSSR count). The van der Waals surface area contributed by atoms with Gasteiger partial charge in [0, 0.05) is 0 Å². The van der Waals surface area contributed by atoms with Crippen LogP contribution in [0.15, 0.2) is 35.2 Å². The Balaban J connectivity index is 0.00000364. The Hall–Kier alpha value is -0.390. The van der Waals surface area contributed by atoms with E-state index in [1.807, 2.05) is 24.3 Å². The molecule has 0 fully saturated rings. The van der Waals surface area contributed by atoms with Crippen LogP contribution in [0.2, 0.25) is 0 Å². The quantitative estimate of drug-likeness (QED) is 0.332. The Morgan fingerprint density at radius 3 is 1.81 bits per heavy atom. The molecule has 3 nitrogen and oxygen atoms in total. The zero-order valence-electron chi connectivity index (χ0n) is 17.1. The third kappa shape index (κ3) is 7.17. The van der Waals surface area contributed by atoms with E-state index in [-0.39, 0.29) is 34.5 Å². The maximum Gasteiger partial charge on any atom is 1.00 e. The van der Waals surface area contributed by atoms with Gasteiger partial charge in [0.25, 0.3) is 0 Å². The topological polar surface area (TPSA) is 57.2 Å². The van der Waals surface area contributed by atoms with Gasteiger partial charge in [-0.25, -0.2) is 8.42 Å². The van der Waals surface area contributed by atoms with E-state index in [4.69, 9.17) is 0 Å². The van der Waals surface area contributed by atoms with Crippen molar-refractivity contribution in [3.05, 3.63) is 41.5 Å². The van der Waals surface area contributed by atoms with Gasteiger partial charge in [0.2, 0.25) is 0 Å². The van der Waals surface area contributed by atoms with Crippen molar-refractivity contribution in [3.63, 3.8) is 0 Å². The van der Waals surface area contributed by atoms with Crippen LogP contribution in [0.3, 0.4) is 0 Å². The predicted octanol–water partition coefficient (Wildman–Crippen LogP) is 2.99. The molecule has 0 radical (unpaired) electrons. The molecule has 0 aliphatic carbocycles. The summed E-state index contributed by atoms with van der Waals surface area (Å²) in [6, 6.07) is 9.45. The van der Waals surface area contributed by atoms with Crippen LogP contribution in [0, 0.1) is 0 Å². The summed E-state index contributed by atoms with van der Waals surface area (Å²) in [4.78, 5) is 0.00177. The van der Waals surface area contributed by atoms with Gasteiger partial charge in [-0.3, -0.25) is 0 Å². The molecule has 0 aromatic heterocycles. The summed E-state index contributed by atoms with van der Waals surface area (Å²) in [6.45, 7) is 4.34. The molecule has 0 aliphatic rings. The van der Waals surface area contributed by atoms with Crippen LogP contribution in [-0.4, -0.2) is 13.0 Å². The number of aryl methyl sites for hydroxylation is 2. The van der Waals surface area contributed by atoms with Crippen molar-refractivity contribution < 1.29 is 42.5 Å². The zero-order valence-corrected chi connectivity index (χ0v) is 19.9. The molecule has 144 valence electrons. The second-order valence-corrected chi connectivity index (χ2v) is 8.46. The summed E-state index contributed by atoms with van der Waals surface area (Å²) in [5.74, 6) is 0. The van der Waals surface area contributed by atoms with Crippen LogP contribution in [0.25, 0.3) is 10.8 Å². The van der Waals surface area contributed by atoms with E-state index >= 15 is 0 Å². The molecule has 0 aliphatic heterocycles. The van der Waals surface area contributed by atoms with Crippen molar-refractivity contribution in [2.75, 3.05) is 0 Å². The molecule has 0 amide bonds. The van der Waals surface area contributed by atoms with E-state index in [0.717, 1.165) is 43.9 Å². The van der Waals surface area contributed by atoms with Gasteiger partial charge in [-0.05, 0) is 47.6 Å². The largest absolute Gasteiger partial charge is 1.00 e. The summed E-state index contributed by atoms with van der Waals surface area (Å²) in [7, 11) is -4.50. The van der Waals surface area contributed by atoms with E-state index < -0.39 is 10.1 Å². The molecular formula is C22H31NaO3S. The SMILES string of the molecule is CCCCCCc1cc(CCCCCC)c2ccccc2c1S(=O)(=O)[O-].[Na+]. The first-order valence-electron chi connectivity index (χ1n) is 9.98. The summed E-state index contributed by atoms with van der Waals surface area (Å²) < 4.78 is 36.0. The van der Waals surface area contributed by atoms with Crippen molar-refractivity contribution in [3.8, 4) is 0 Å². The average Bonchev–Trinajstić information content (AvgIpc) is 2.61. The van der Waals surface area contributed by atoms with Crippen LogP contribution in [0.5, 0.6) is 0 Å². The molecule has 0 unspecified atom stereocenters. The van der Waals surface area contributed by atoms with Gasteiger partial charge >= 0.3 is 29.6 Å². The molecule has 0 heterocycles. The minimum atomic E-state index is -4.50. The maximum absolute atomic E-state index is 12.0. The fraction of sp³-hybridized carbons (Fsp3) is 0.545. The first-order valence-corrected chi connectivity index (χ1v) is 11.4. The number of hydrogen-bond donors (Lipinski definition) is 0. The van der Waals surface area contributed by atoms with Gasteiger partial charge in [-0.2, -0.15) is 0 Å². The van der Waals surface area contributed by atoms with Crippen LogP contribution < -0.4 is 29.6 Å². The number of unbranched alkanes of at least 4 members (excludes halogenated alkanes) is 6. The molecule has 2 aromatic carbocycles. The fourth-order valence-corrected chi connectivity index (χ4v) is 4.59. The van der Waals surface area contributed by atoms with Crippen molar-refractivity contribution in [2.24, 2.45) is 0 Å². The van der Waals surface area contributed by atoms with Crippen molar-refractivity contribution in [1.29, 1.82) is 0 Å². The molecule has 0 saturated carbocycles. The van der Waals surface area contributed by atoms with E-state index in [2.05, 4.69) is 13.8 Å². The molecule has 0 bridgehead atoms. The van der Waals surface area contributed by atoms with Crippen molar-refractivity contribution >= 4 is 20.9 Å². The molecule has 0 N–H and O–H groups in total. The van der Waals surface area contributed by atoms with Crippen molar-refractivity contribution in [2.45, 2.75) is 83.0 Å². The van der Waals surface area contributed by atoms with Crippen LogP contribution in [-0.2, 0) is 23.0 Å². The molecule has 27 heavy (non-hydrogen) atoms. The minimum Gasteiger partial charge on any atom is -0.744 e. The van der Waals surface area contributed by atoms with Crippen LogP contribution >= 0.6 is 0 Å². The normalized spacial score (nSPS) is 11.5. The molecule has 5 heteroatoms. The van der Waals surface area contributed by atoms with E-state index in [1.165, 1.54) is 24.8 Å². The Kier molecular flexibility index (Phi) is 11.2. The van der Waals surface area contributed by atoms with Gasteiger partial charge in [-0.15, -0.1) is 0 Å². The molecular weight excluding hydrogens is 367 g/mol. The Morgan fingerprint density at radius 1 is 0.778 bits per heavy atom. The molecule has 2 aromatic rings. The van der Waals surface area contributed by atoms with Gasteiger partial charge in [-0.1, -0.05) is 82.7 Å². The van der Waals surface area contributed by atoms with Crippen molar-refractivity contribution in [1.82, 2.24) is 0 Å². The van der Waals surface area contributed by atoms with Gasteiger partial charge in [0.05, 0.1) is 4.90 Å². The first kappa shape index (κ1) is 24.6. The first-order chi connectivity index (χ1) is 12.5. The van der Waals surface area contributed by atoms with Crippen LogP contribution in [0.4, 0.5) is 0 Å². The number of rotatable bonds is 11. The van der Waals surface area contributed by atoms with E-state index in [9.17, 15) is 13.0 Å². The molecule has 0 atom stereocenters. The third-order valence-electron chi connectivity index (χ3n) is 5.01. The predicted molar refractivity (Wildman–Crippen MR) is 108 cm³/mol. The summed E-state index contributed by atoms with van der Waals surface area (Å²) in [6.07, 6.45) is 10.5. The minimum absolute atomic E-state index is 0. The number of benzene rings is 2. The monoisotopic (exact) mass is 398 g/mol. The Labute approximate surface area is 187 Å². The average molecular weight is 399 g/mol. The zero-order chi connectivity index (χ0) is 19.0. The maximum atomic E-state index is 12.0. The van der Waals surface area contributed by atoms with Gasteiger partial charge in [0.1, 0.15) is 10.1 Å². The number of fused-ring (bicyclic) bond motifs is 1. The van der Waals surface area contributed by atoms with Gasteiger partial charge < -0.3 is 4.55 Å². The Morgan fingerprint density at radius 2 is 1.30 bits per heavy atom. The second kappa shape index (κ2) is 12.2. The number of hydrogen-bond acceptors (Lipinski definition) is 3. The standard InChI is InChI=1S/C22H32O3S.Na/c1-3-5-7-9-13-18-17-19(14-10-8-6-4-2)22(26(23,24)25)21-16-12-11-15-20(18)21;/h11-12,15-17H,3-10,13-14H2,1-2H3,(H,23,24,25);/q;+1/p-1. The third-order valence-corrected chi connectivity index (χ3v) is 5.99. The second-order valence-electron chi connectivity index (χ2n) is 7.14. The van der Waals surface area contributed by atoms with Gasteiger partial charge in [0.15, 0.2) is 0 Å². The Bertz CT molecular complexity index is 816.